The Morgan fingerprint density at radius 1 is 1.60 bits per heavy atom. The van der Waals surface area contributed by atoms with Crippen LogP contribution < -0.4 is 4.74 Å². The topological polar surface area (TPSA) is 45.5 Å². The maximum atomic E-state index is 13.4. The van der Waals surface area contributed by atoms with E-state index in [9.17, 15) is 4.39 Å². The van der Waals surface area contributed by atoms with Crippen LogP contribution in [0.25, 0.3) is 0 Å². The Balaban J connectivity index is 2.33. The predicted octanol–water partition coefficient (Wildman–Crippen LogP) is 1.97. The van der Waals surface area contributed by atoms with Crippen molar-refractivity contribution in [2.75, 3.05) is 7.11 Å². The number of halogens is 1. The van der Waals surface area contributed by atoms with E-state index in [2.05, 4.69) is 0 Å². The van der Waals surface area contributed by atoms with E-state index < -0.39 is 17.5 Å². The van der Waals surface area contributed by atoms with E-state index in [1.54, 1.807) is 13.0 Å². The molecule has 1 aromatic rings. The highest BCUT2D eigenvalue weighted by Gasteiger charge is 2.54. The third kappa shape index (κ3) is 1.45. The van der Waals surface area contributed by atoms with Gasteiger partial charge in [-0.05, 0) is 24.6 Å². The zero-order valence-corrected chi connectivity index (χ0v) is 8.45. The summed E-state index contributed by atoms with van der Waals surface area (Å²) in [6, 6.07) is 6.58. The molecule has 0 bridgehead atoms. The van der Waals surface area contributed by atoms with Crippen LogP contribution in [0.2, 0.25) is 0 Å². The maximum Gasteiger partial charge on any atom is 0.178 e. The lowest BCUT2D eigenvalue weighted by Crippen LogP contribution is -2.07. The van der Waals surface area contributed by atoms with Gasteiger partial charge in [-0.2, -0.15) is 5.26 Å². The van der Waals surface area contributed by atoms with Gasteiger partial charge in [0.25, 0.3) is 0 Å². The standard InChI is InChI=1S/C11H10FNO2/c1-11(10(6-13)15-11)7-3-4-9(14-2)8(12)5-7/h3-5,10H,1-2H3. The highest BCUT2D eigenvalue weighted by Crippen LogP contribution is 2.46. The second-order valence-electron chi connectivity index (χ2n) is 3.58. The lowest BCUT2D eigenvalue weighted by Gasteiger charge is -2.07. The van der Waals surface area contributed by atoms with Crippen LogP contribution in [0.1, 0.15) is 12.5 Å². The molecule has 0 aliphatic carbocycles. The molecule has 2 unspecified atom stereocenters. The maximum absolute atomic E-state index is 13.4. The Morgan fingerprint density at radius 2 is 2.33 bits per heavy atom. The zero-order chi connectivity index (χ0) is 11.1. The Kier molecular flexibility index (Phi) is 2.13. The number of hydrogen-bond donors (Lipinski definition) is 0. The molecule has 1 saturated heterocycles. The van der Waals surface area contributed by atoms with Crippen molar-refractivity contribution in [2.24, 2.45) is 0 Å². The summed E-state index contributed by atoms with van der Waals surface area (Å²) in [7, 11) is 1.41. The minimum atomic E-state index is -0.665. The first-order valence-electron chi connectivity index (χ1n) is 4.53. The van der Waals surface area contributed by atoms with Gasteiger partial charge < -0.3 is 9.47 Å². The number of methoxy groups -OCH3 is 1. The van der Waals surface area contributed by atoms with Crippen LogP contribution in [-0.2, 0) is 10.3 Å². The minimum absolute atomic E-state index is 0.191. The van der Waals surface area contributed by atoms with E-state index in [0.717, 1.165) is 0 Å². The second kappa shape index (κ2) is 3.21. The Morgan fingerprint density at radius 3 is 2.80 bits per heavy atom. The molecule has 4 heteroatoms. The quantitative estimate of drug-likeness (QED) is 0.696. The van der Waals surface area contributed by atoms with Crippen molar-refractivity contribution < 1.29 is 13.9 Å². The molecule has 1 aromatic carbocycles. The summed E-state index contributed by atoms with van der Waals surface area (Å²) in [5, 5.41) is 8.68. The molecule has 1 fully saturated rings. The average Bonchev–Trinajstić information content (AvgIpc) is 2.91. The van der Waals surface area contributed by atoms with E-state index in [4.69, 9.17) is 14.7 Å². The molecule has 1 aliphatic heterocycles. The van der Waals surface area contributed by atoms with Gasteiger partial charge in [-0.25, -0.2) is 4.39 Å². The van der Waals surface area contributed by atoms with Gasteiger partial charge in [-0.15, -0.1) is 0 Å². The van der Waals surface area contributed by atoms with Gasteiger partial charge in [0.2, 0.25) is 0 Å². The van der Waals surface area contributed by atoms with Crippen molar-refractivity contribution in [1.29, 1.82) is 5.26 Å². The molecule has 3 nitrogen and oxygen atoms in total. The molecular formula is C11H10FNO2. The van der Waals surface area contributed by atoms with Gasteiger partial charge in [0.05, 0.1) is 13.2 Å². The summed E-state index contributed by atoms with van der Waals surface area (Å²) >= 11 is 0. The molecule has 0 radical (unpaired) electrons. The largest absolute Gasteiger partial charge is 0.494 e. The molecule has 0 saturated carbocycles. The van der Waals surface area contributed by atoms with Gasteiger partial charge in [0.15, 0.2) is 17.7 Å². The van der Waals surface area contributed by atoms with Crippen molar-refractivity contribution >= 4 is 0 Å². The summed E-state index contributed by atoms with van der Waals surface area (Å²) < 4.78 is 23.4. The Labute approximate surface area is 87.0 Å². The molecule has 2 atom stereocenters. The molecular weight excluding hydrogens is 197 g/mol. The fourth-order valence-electron chi connectivity index (χ4n) is 1.55. The van der Waals surface area contributed by atoms with E-state index >= 15 is 0 Å². The number of hydrogen-bond acceptors (Lipinski definition) is 3. The third-order valence-electron chi connectivity index (χ3n) is 2.65. The highest BCUT2D eigenvalue weighted by molar-refractivity contribution is 5.37. The van der Waals surface area contributed by atoms with E-state index in [1.807, 2.05) is 6.07 Å². The van der Waals surface area contributed by atoms with Crippen LogP contribution in [0, 0.1) is 17.1 Å². The summed E-state index contributed by atoms with van der Waals surface area (Å²) in [6.45, 7) is 1.77. The SMILES string of the molecule is COc1ccc(C2(C)OC2C#N)cc1F. The van der Waals surface area contributed by atoms with Crippen LogP contribution in [0.15, 0.2) is 18.2 Å². The Hall–Kier alpha value is -1.60. The summed E-state index contributed by atoms with van der Waals surface area (Å²) in [6.07, 6.45) is -0.481. The van der Waals surface area contributed by atoms with Crippen LogP contribution in [0.3, 0.4) is 0 Å². The molecule has 2 rings (SSSR count). The molecule has 1 aliphatic rings. The van der Waals surface area contributed by atoms with Crippen molar-refractivity contribution in [3.63, 3.8) is 0 Å². The normalized spacial score (nSPS) is 28.3. The van der Waals surface area contributed by atoms with Gasteiger partial charge in [-0.1, -0.05) is 6.07 Å². The minimum Gasteiger partial charge on any atom is -0.494 e. The zero-order valence-electron chi connectivity index (χ0n) is 8.45. The fourth-order valence-corrected chi connectivity index (χ4v) is 1.55. The highest BCUT2D eigenvalue weighted by atomic mass is 19.1. The van der Waals surface area contributed by atoms with Gasteiger partial charge in [-0.3, -0.25) is 0 Å². The van der Waals surface area contributed by atoms with E-state index in [-0.39, 0.29) is 5.75 Å². The lowest BCUT2D eigenvalue weighted by atomic mass is 9.98. The van der Waals surface area contributed by atoms with E-state index in [1.165, 1.54) is 19.2 Å². The third-order valence-corrected chi connectivity index (χ3v) is 2.65. The number of rotatable bonds is 2. The molecule has 1 heterocycles. The van der Waals surface area contributed by atoms with Crippen LogP contribution in [-0.4, -0.2) is 13.2 Å². The Bertz CT molecular complexity index is 441. The van der Waals surface area contributed by atoms with Crippen LogP contribution in [0.4, 0.5) is 4.39 Å². The summed E-state index contributed by atoms with van der Waals surface area (Å²) in [5.41, 5.74) is -0.00524. The fraction of sp³-hybridized carbons (Fsp3) is 0.364. The molecule has 0 N–H and O–H groups in total. The van der Waals surface area contributed by atoms with Crippen molar-refractivity contribution in [3.8, 4) is 11.8 Å². The number of nitriles is 1. The first-order valence-corrected chi connectivity index (χ1v) is 4.53. The first-order chi connectivity index (χ1) is 7.11. The number of benzene rings is 1. The lowest BCUT2D eigenvalue weighted by molar-refractivity contribution is 0.319. The molecule has 15 heavy (non-hydrogen) atoms. The number of epoxide rings is 1. The predicted molar refractivity (Wildman–Crippen MR) is 50.8 cm³/mol. The summed E-state index contributed by atoms with van der Waals surface area (Å²) in [4.78, 5) is 0. The molecule has 0 spiro atoms. The average molecular weight is 207 g/mol. The van der Waals surface area contributed by atoms with Crippen LogP contribution in [0.5, 0.6) is 5.75 Å². The number of ether oxygens (including phenoxy) is 2. The van der Waals surface area contributed by atoms with Crippen molar-refractivity contribution in [1.82, 2.24) is 0 Å². The number of nitrogens with zero attached hydrogens (tertiary/aromatic N) is 1. The van der Waals surface area contributed by atoms with Crippen molar-refractivity contribution in [3.05, 3.63) is 29.6 Å². The molecule has 78 valence electrons. The first kappa shape index (κ1) is 9.94. The van der Waals surface area contributed by atoms with Gasteiger partial charge >= 0.3 is 0 Å². The van der Waals surface area contributed by atoms with Gasteiger partial charge in [0, 0.05) is 0 Å². The molecule has 0 amide bonds. The van der Waals surface area contributed by atoms with E-state index in [0.29, 0.717) is 5.56 Å². The van der Waals surface area contributed by atoms with Crippen LogP contribution >= 0.6 is 0 Å². The van der Waals surface area contributed by atoms with Gasteiger partial charge in [0.1, 0.15) is 5.60 Å². The summed E-state index contributed by atoms with van der Waals surface area (Å²) in [5.74, 6) is -0.250. The molecule has 0 aromatic heterocycles. The van der Waals surface area contributed by atoms with Crippen molar-refractivity contribution in [2.45, 2.75) is 18.6 Å². The second-order valence-corrected chi connectivity index (χ2v) is 3.58. The smallest absolute Gasteiger partial charge is 0.178 e. The monoisotopic (exact) mass is 207 g/mol.